The lowest BCUT2D eigenvalue weighted by molar-refractivity contribution is -0.614. The lowest BCUT2D eigenvalue weighted by Crippen LogP contribution is -2.59. The zero-order valence-electron chi connectivity index (χ0n) is 17.9. The van der Waals surface area contributed by atoms with Crippen LogP contribution in [0, 0.1) is 35.5 Å². The van der Waals surface area contributed by atoms with Gasteiger partial charge in [0.05, 0.1) is 0 Å². The van der Waals surface area contributed by atoms with Crippen LogP contribution in [0.25, 0.3) is 0 Å². The van der Waals surface area contributed by atoms with E-state index in [0.29, 0.717) is 11.1 Å². The molecule has 2 nitrogen and oxygen atoms in total. The Hall–Kier alpha value is -0.745. The monoisotopic (exact) mass is 426 g/mol. The van der Waals surface area contributed by atoms with Gasteiger partial charge in [-0.3, -0.25) is 9.48 Å². The Morgan fingerprint density at radius 2 is 1.03 bits per heavy atom. The van der Waals surface area contributed by atoms with Gasteiger partial charge < -0.3 is 17.3 Å². The van der Waals surface area contributed by atoms with Crippen molar-refractivity contribution < 1.29 is 21.8 Å². The van der Waals surface area contributed by atoms with E-state index in [-0.39, 0.29) is 0 Å². The summed E-state index contributed by atoms with van der Waals surface area (Å²) in [6.45, 7) is 2.68. The summed E-state index contributed by atoms with van der Waals surface area (Å²) >= 11 is 0. The fraction of sp³-hybridized carbons (Fsp3) is 0.957. The molecule has 0 spiro atoms. The minimum absolute atomic E-state index is 0.589. The third kappa shape index (κ3) is 3.41. The number of rotatable bonds is 2. The smallest absolute Gasteiger partial charge is 0.418 e. The number of hydrogen-bond acceptors (Lipinski definition) is 1. The summed E-state index contributed by atoms with van der Waals surface area (Å²) in [5, 5.41) is 0. The SMILES string of the molecule is C1=[N+](C23CC4CC(CC(C4)C2)C3)CCN1C12CC3CC(CC(C3)C1)C2.F[B-](F)(F)F. The third-order valence-electron chi connectivity index (χ3n) is 10.1. The van der Waals surface area contributed by atoms with Gasteiger partial charge in [-0.2, -0.15) is 0 Å². The molecular formula is C23H35BF4N2. The summed E-state index contributed by atoms with van der Waals surface area (Å²) in [5.74, 6) is 6.46. The van der Waals surface area contributed by atoms with Crippen molar-refractivity contribution in [1.82, 2.24) is 4.90 Å². The van der Waals surface area contributed by atoms with Crippen molar-refractivity contribution in [2.75, 3.05) is 13.1 Å². The highest BCUT2D eigenvalue weighted by molar-refractivity contribution is 6.50. The highest BCUT2D eigenvalue weighted by Crippen LogP contribution is 2.59. The molecule has 8 saturated carbocycles. The minimum atomic E-state index is -6.00. The van der Waals surface area contributed by atoms with Gasteiger partial charge in [-0.15, -0.1) is 0 Å². The number of nitrogens with zero attached hydrogens (tertiary/aromatic N) is 2. The van der Waals surface area contributed by atoms with Crippen molar-refractivity contribution in [3.63, 3.8) is 0 Å². The van der Waals surface area contributed by atoms with E-state index in [1.807, 2.05) is 0 Å². The first-order chi connectivity index (χ1) is 14.2. The van der Waals surface area contributed by atoms with Crippen LogP contribution in [-0.2, 0) is 0 Å². The van der Waals surface area contributed by atoms with Crippen LogP contribution in [-0.4, -0.2) is 47.2 Å². The summed E-state index contributed by atoms with van der Waals surface area (Å²) in [6.07, 6.45) is 21.4. The lowest BCUT2D eigenvalue weighted by Gasteiger charge is -2.57. The third-order valence-corrected chi connectivity index (χ3v) is 10.1. The quantitative estimate of drug-likeness (QED) is 0.318. The molecule has 0 radical (unpaired) electrons. The molecule has 0 N–H and O–H groups in total. The molecular weight excluding hydrogens is 391 g/mol. The van der Waals surface area contributed by atoms with E-state index in [4.69, 9.17) is 0 Å². The Bertz CT molecular complexity index is 657. The average Bonchev–Trinajstić information content (AvgIpc) is 3.09. The fourth-order valence-corrected chi connectivity index (χ4v) is 10.1. The predicted octanol–water partition coefficient (Wildman–Crippen LogP) is 5.58. The van der Waals surface area contributed by atoms with E-state index in [0.717, 1.165) is 35.5 Å². The van der Waals surface area contributed by atoms with Crippen molar-refractivity contribution in [3.8, 4) is 0 Å². The predicted molar refractivity (Wildman–Crippen MR) is 110 cm³/mol. The van der Waals surface area contributed by atoms with Crippen LogP contribution < -0.4 is 0 Å². The molecule has 1 heterocycles. The number of halogens is 4. The van der Waals surface area contributed by atoms with Crippen molar-refractivity contribution in [3.05, 3.63) is 0 Å². The maximum atomic E-state index is 9.75. The summed E-state index contributed by atoms with van der Waals surface area (Å²) < 4.78 is 41.9. The highest BCUT2D eigenvalue weighted by Gasteiger charge is 2.59. The van der Waals surface area contributed by atoms with Gasteiger partial charge in [0, 0.05) is 0 Å². The first kappa shape index (κ1) is 19.9. The summed E-state index contributed by atoms with van der Waals surface area (Å²) in [4.78, 5) is 2.91. The molecule has 0 aromatic rings. The standard InChI is InChI=1S/C23H35N2.BF4/c1-2-25(23-12-19-6-20(13-23)8-21(7-19)14-23)15-24(1)22-9-16-3-17(10-22)5-18(4-16)11-22;2-1(3,4)5/h15-21H,1-14H2;/q+1;-1. The molecule has 0 amide bonds. The molecule has 0 aromatic carbocycles. The highest BCUT2D eigenvalue weighted by atomic mass is 19.5. The molecule has 8 aliphatic carbocycles. The second-order valence-corrected chi connectivity index (χ2v) is 12.3. The Kier molecular flexibility index (Phi) is 4.40. The Balaban J connectivity index is 0.000000318. The molecule has 0 atom stereocenters. The second-order valence-electron chi connectivity index (χ2n) is 12.3. The van der Waals surface area contributed by atoms with Gasteiger partial charge in [-0.1, -0.05) is 0 Å². The maximum Gasteiger partial charge on any atom is 0.673 e. The summed E-state index contributed by atoms with van der Waals surface area (Å²) in [5.41, 5.74) is 1.18. The van der Waals surface area contributed by atoms with E-state index < -0.39 is 7.25 Å². The van der Waals surface area contributed by atoms with Crippen LogP contribution in [0.4, 0.5) is 17.3 Å². The topological polar surface area (TPSA) is 6.25 Å². The first-order valence-corrected chi connectivity index (χ1v) is 12.4. The van der Waals surface area contributed by atoms with Gasteiger partial charge in [0.1, 0.15) is 24.2 Å². The molecule has 168 valence electrons. The molecule has 0 unspecified atom stereocenters. The molecule has 9 aliphatic rings. The molecule has 9 rings (SSSR count). The molecule has 0 aromatic heterocycles. The van der Waals surface area contributed by atoms with Crippen LogP contribution in [0.5, 0.6) is 0 Å². The van der Waals surface area contributed by atoms with Gasteiger partial charge >= 0.3 is 7.25 Å². The van der Waals surface area contributed by atoms with Crippen LogP contribution >= 0.6 is 0 Å². The van der Waals surface area contributed by atoms with Crippen LogP contribution in [0.15, 0.2) is 0 Å². The van der Waals surface area contributed by atoms with E-state index >= 15 is 0 Å². The minimum Gasteiger partial charge on any atom is -0.418 e. The normalized spacial score (nSPS) is 50.5. The van der Waals surface area contributed by atoms with Crippen LogP contribution in [0.2, 0.25) is 0 Å². The molecule has 0 saturated heterocycles. The summed E-state index contributed by atoms with van der Waals surface area (Å²) in [6, 6.07) is 0. The number of hydrogen-bond donors (Lipinski definition) is 0. The van der Waals surface area contributed by atoms with E-state index in [2.05, 4.69) is 15.8 Å². The molecule has 30 heavy (non-hydrogen) atoms. The van der Waals surface area contributed by atoms with E-state index in [1.165, 1.54) is 51.6 Å². The van der Waals surface area contributed by atoms with E-state index in [1.54, 1.807) is 38.5 Å². The second kappa shape index (κ2) is 6.63. The van der Waals surface area contributed by atoms with Crippen LogP contribution in [0.3, 0.4) is 0 Å². The Labute approximate surface area is 177 Å². The van der Waals surface area contributed by atoms with Gasteiger partial charge in [-0.25, -0.2) is 0 Å². The zero-order valence-corrected chi connectivity index (χ0v) is 17.9. The Morgan fingerprint density at radius 3 is 1.43 bits per heavy atom. The molecule has 7 heteroatoms. The lowest BCUT2D eigenvalue weighted by atomic mass is 9.52. The van der Waals surface area contributed by atoms with Gasteiger partial charge in [-0.05, 0) is 113 Å². The maximum absolute atomic E-state index is 9.75. The zero-order chi connectivity index (χ0) is 20.7. The molecule has 8 fully saturated rings. The first-order valence-electron chi connectivity index (χ1n) is 12.4. The molecule has 1 aliphatic heterocycles. The van der Waals surface area contributed by atoms with Crippen molar-refractivity contribution >= 4 is 13.6 Å². The van der Waals surface area contributed by atoms with Crippen molar-refractivity contribution in [2.45, 2.75) is 88.1 Å². The largest absolute Gasteiger partial charge is 0.673 e. The van der Waals surface area contributed by atoms with Gasteiger partial charge in [0.15, 0.2) is 0 Å². The van der Waals surface area contributed by atoms with Crippen molar-refractivity contribution in [1.29, 1.82) is 0 Å². The van der Waals surface area contributed by atoms with Gasteiger partial charge in [0.25, 0.3) is 0 Å². The Morgan fingerprint density at radius 1 is 0.667 bits per heavy atom. The fourth-order valence-electron chi connectivity index (χ4n) is 10.1. The van der Waals surface area contributed by atoms with Crippen molar-refractivity contribution in [2.24, 2.45) is 35.5 Å². The average molecular weight is 426 g/mol. The summed E-state index contributed by atoms with van der Waals surface area (Å²) in [7, 11) is -6.00. The van der Waals surface area contributed by atoms with E-state index in [9.17, 15) is 17.3 Å². The van der Waals surface area contributed by atoms with Gasteiger partial charge in [0.2, 0.25) is 6.34 Å². The van der Waals surface area contributed by atoms with Crippen LogP contribution in [0.1, 0.15) is 77.0 Å². The molecule has 8 bridgehead atoms.